The number of rotatable bonds is 6. The van der Waals surface area contributed by atoms with Gasteiger partial charge in [-0.2, -0.15) is 0 Å². The van der Waals surface area contributed by atoms with E-state index < -0.39 is 18.5 Å². The summed E-state index contributed by atoms with van der Waals surface area (Å²) >= 11 is 5.72. The van der Waals surface area contributed by atoms with Gasteiger partial charge >= 0.3 is 0 Å². The second kappa shape index (κ2) is 9.96. The summed E-state index contributed by atoms with van der Waals surface area (Å²) in [6.45, 7) is -0.393. The number of amidine groups is 1. The number of aromatic nitrogens is 3. The summed E-state index contributed by atoms with van der Waals surface area (Å²) in [6.07, 6.45) is 5.97. The van der Waals surface area contributed by atoms with Crippen LogP contribution < -0.4 is 16.6 Å². The predicted octanol–water partition coefficient (Wildman–Crippen LogP) is 2.59. The number of pyridine rings is 1. The summed E-state index contributed by atoms with van der Waals surface area (Å²) in [6, 6.07) is 8.11. The van der Waals surface area contributed by atoms with Crippen molar-refractivity contribution in [3.8, 4) is 11.3 Å². The van der Waals surface area contributed by atoms with Gasteiger partial charge in [-0.3, -0.25) is 9.79 Å². The fraction of sp³-hybridized carbons (Fsp3) is 0.143. The van der Waals surface area contributed by atoms with Crippen LogP contribution in [-0.4, -0.2) is 39.1 Å². The number of aliphatic hydroxyl groups excluding tert-OH is 1. The lowest BCUT2D eigenvalue weighted by Gasteiger charge is -2.18. The van der Waals surface area contributed by atoms with E-state index in [2.05, 4.69) is 20.3 Å². The largest absolute Gasteiger partial charge is 0.404 e. The average Bonchev–Trinajstić information content (AvgIpc) is 2.77. The molecule has 0 unspecified atom stereocenters. The summed E-state index contributed by atoms with van der Waals surface area (Å²) in [4.78, 5) is 25.3. The van der Waals surface area contributed by atoms with Crippen LogP contribution in [0.15, 0.2) is 70.9 Å². The van der Waals surface area contributed by atoms with Crippen LogP contribution in [0.4, 0.5) is 10.3 Å². The number of aliphatic hydroxyl groups is 1. The van der Waals surface area contributed by atoms with Crippen LogP contribution in [-0.2, 0) is 0 Å². The van der Waals surface area contributed by atoms with Crippen LogP contribution in [0, 0.1) is 5.82 Å². The van der Waals surface area contributed by atoms with E-state index in [1.165, 1.54) is 35.2 Å². The van der Waals surface area contributed by atoms with Crippen molar-refractivity contribution in [1.29, 1.82) is 0 Å². The number of benzene rings is 1. The van der Waals surface area contributed by atoms with Gasteiger partial charge in [-0.15, -0.1) is 0 Å². The number of hydrogen-bond acceptors (Lipinski definition) is 6. The van der Waals surface area contributed by atoms with Gasteiger partial charge in [0.1, 0.15) is 11.7 Å². The number of anilines is 1. The number of nitrogens with one attached hydrogen (secondary N) is 1. The van der Waals surface area contributed by atoms with Crippen LogP contribution in [0.1, 0.15) is 11.6 Å². The maximum Gasteiger partial charge on any atom is 0.251 e. The van der Waals surface area contributed by atoms with Gasteiger partial charge in [0.25, 0.3) is 5.56 Å². The first kappa shape index (κ1) is 22.1. The molecule has 0 spiro atoms. The Labute approximate surface area is 182 Å². The monoisotopic (exact) mass is 442 g/mol. The normalized spacial score (nSPS) is 12.8. The molecule has 160 valence electrons. The molecule has 8 nitrogen and oxygen atoms in total. The number of hydrogen-bond donors (Lipinski definition) is 3. The van der Waals surface area contributed by atoms with Gasteiger partial charge in [0.15, 0.2) is 0 Å². The first-order valence-electron chi connectivity index (χ1n) is 9.20. The predicted molar refractivity (Wildman–Crippen MR) is 119 cm³/mol. The summed E-state index contributed by atoms with van der Waals surface area (Å²) in [5, 5.41) is 12.7. The molecule has 0 saturated heterocycles. The van der Waals surface area contributed by atoms with Crippen LogP contribution in [0.3, 0.4) is 0 Å². The Kier molecular flexibility index (Phi) is 7.11. The lowest BCUT2D eigenvalue weighted by Crippen LogP contribution is -2.27. The van der Waals surface area contributed by atoms with E-state index in [1.807, 2.05) is 0 Å². The maximum absolute atomic E-state index is 13.8. The van der Waals surface area contributed by atoms with Crippen molar-refractivity contribution in [2.75, 3.05) is 19.0 Å². The molecule has 0 bridgehead atoms. The molecule has 0 amide bonds. The standard InChI is InChI=1S/C21H20ClFN6O2/c1-25-19(4-7-24)28-21-26-8-5-17(27-21)13-6-9-29(20(31)11-13)18(12-30)14-2-3-15(22)16(23)10-14/h2-11,18,30H,12,24H2,1H3,(H,25,26,27,28)/t18-/m1/s1. The van der Waals surface area contributed by atoms with Crippen LogP contribution in [0.2, 0.25) is 5.02 Å². The number of aliphatic imine (C=N–C) groups is 1. The molecule has 0 aliphatic rings. The second-order valence-corrected chi connectivity index (χ2v) is 6.80. The molecule has 0 saturated carbocycles. The molecule has 1 atom stereocenters. The minimum atomic E-state index is -0.762. The van der Waals surface area contributed by atoms with E-state index in [-0.39, 0.29) is 16.5 Å². The molecular weight excluding hydrogens is 423 g/mol. The highest BCUT2D eigenvalue weighted by Crippen LogP contribution is 2.23. The third kappa shape index (κ3) is 5.14. The molecule has 4 N–H and O–H groups in total. The number of nitrogens with zero attached hydrogens (tertiary/aromatic N) is 4. The third-order valence-corrected chi connectivity index (χ3v) is 4.78. The summed E-state index contributed by atoms with van der Waals surface area (Å²) in [5.41, 5.74) is 6.47. The molecule has 3 rings (SSSR count). The molecular formula is C21H20ClFN6O2. The van der Waals surface area contributed by atoms with Crippen molar-refractivity contribution < 1.29 is 9.50 Å². The fourth-order valence-corrected chi connectivity index (χ4v) is 3.06. The van der Waals surface area contributed by atoms with Crippen molar-refractivity contribution in [3.05, 3.63) is 87.8 Å². The summed E-state index contributed by atoms with van der Waals surface area (Å²) < 4.78 is 15.2. The number of halogens is 2. The Morgan fingerprint density at radius 2 is 2.19 bits per heavy atom. The van der Waals surface area contributed by atoms with Gasteiger partial charge in [-0.05, 0) is 42.1 Å². The van der Waals surface area contributed by atoms with E-state index in [4.69, 9.17) is 17.3 Å². The molecule has 3 aromatic rings. The van der Waals surface area contributed by atoms with Crippen molar-refractivity contribution in [2.45, 2.75) is 6.04 Å². The SMILES string of the molecule is CN=C(C=CN)Nc1nccc(-c2ccn([C@H](CO)c3ccc(Cl)c(F)c3)c(=O)c2)n1. The molecule has 0 aliphatic carbocycles. The Bertz CT molecular complexity index is 1190. The van der Waals surface area contributed by atoms with Gasteiger partial charge in [0.05, 0.1) is 23.4 Å². The Morgan fingerprint density at radius 3 is 2.84 bits per heavy atom. The minimum absolute atomic E-state index is 0.0328. The Balaban J connectivity index is 1.92. The Morgan fingerprint density at radius 1 is 1.39 bits per heavy atom. The highest BCUT2D eigenvalue weighted by atomic mass is 35.5. The molecule has 0 aliphatic heterocycles. The zero-order valence-electron chi connectivity index (χ0n) is 16.5. The van der Waals surface area contributed by atoms with Crippen LogP contribution >= 0.6 is 11.6 Å². The van der Waals surface area contributed by atoms with E-state index in [9.17, 15) is 14.3 Å². The second-order valence-electron chi connectivity index (χ2n) is 6.39. The lowest BCUT2D eigenvalue weighted by atomic mass is 10.1. The highest BCUT2D eigenvalue weighted by molar-refractivity contribution is 6.30. The van der Waals surface area contributed by atoms with E-state index in [1.54, 1.807) is 37.5 Å². The fourth-order valence-electron chi connectivity index (χ4n) is 2.94. The molecule has 2 heterocycles. The van der Waals surface area contributed by atoms with Crippen molar-refractivity contribution in [3.63, 3.8) is 0 Å². The van der Waals surface area contributed by atoms with E-state index in [0.29, 0.717) is 22.7 Å². The van der Waals surface area contributed by atoms with Crippen LogP contribution in [0.25, 0.3) is 11.3 Å². The maximum atomic E-state index is 13.8. The molecule has 0 radical (unpaired) electrons. The summed E-state index contributed by atoms with van der Waals surface area (Å²) in [5.74, 6) is 0.129. The third-order valence-electron chi connectivity index (χ3n) is 4.47. The highest BCUT2D eigenvalue weighted by Gasteiger charge is 2.16. The average molecular weight is 443 g/mol. The molecule has 2 aromatic heterocycles. The minimum Gasteiger partial charge on any atom is -0.404 e. The first-order chi connectivity index (χ1) is 15.0. The van der Waals surface area contributed by atoms with E-state index in [0.717, 1.165) is 0 Å². The van der Waals surface area contributed by atoms with Crippen LogP contribution in [0.5, 0.6) is 0 Å². The number of nitrogens with two attached hydrogens (primary N) is 1. The van der Waals surface area contributed by atoms with E-state index >= 15 is 0 Å². The molecule has 10 heteroatoms. The zero-order chi connectivity index (χ0) is 22.4. The topological polar surface area (TPSA) is 118 Å². The van der Waals surface area contributed by atoms with Gasteiger partial charge in [-0.1, -0.05) is 17.7 Å². The zero-order valence-corrected chi connectivity index (χ0v) is 17.3. The first-order valence-corrected chi connectivity index (χ1v) is 9.58. The van der Waals surface area contributed by atoms with Crippen molar-refractivity contribution in [1.82, 2.24) is 14.5 Å². The lowest BCUT2D eigenvalue weighted by molar-refractivity contribution is 0.247. The summed E-state index contributed by atoms with van der Waals surface area (Å²) in [7, 11) is 1.59. The van der Waals surface area contributed by atoms with Crippen molar-refractivity contribution in [2.24, 2.45) is 10.7 Å². The molecule has 0 fully saturated rings. The van der Waals surface area contributed by atoms with Gasteiger partial charge in [0, 0.05) is 31.1 Å². The molecule has 1 aromatic carbocycles. The van der Waals surface area contributed by atoms with Gasteiger partial charge < -0.3 is 20.7 Å². The molecule has 31 heavy (non-hydrogen) atoms. The Hall–Kier alpha value is -3.56. The van der Waals surface area contributed by atoms with Gasteiger partial charge in [0.2, 0.25) is 5.95 Å². The quantitative estimate of drug-likeness (QED) is 0.399. The van der Waals surface area contributed by atoms with Gasteiger partial charge in [-0.25, -0.2) is 14.4 Å². The smallest absolute Gasteiger partial charge is 0.251 e. The van der Waals surface area contributed by atoms with Crippen molar-refractivity contribution >= 4 is 23.4 Å².